The molecular formula is C23H21NO2. The van der Waals surface area contributed by atoms with Crippen LogP contribution in [0.1, 0.15) is 28.2 Å². The lowest BCUT2D eigenvalue weighted by Crippen LogP contribution is -2.11. The predicted molar refractivity (Wildman–Crippen MR) is 105 cm³/mol. The third-order valence-electron chi connectivity index (χ3n) is 4.43. The summed E-state index contributed by atoms with van der Waals surface area (Å²) in [7, 11) is 0. The standard InChI is InChI=1S/C23H21NO2/c1-17-7-8-20(26-17)10-12-23-22-11-9-21(15-19(22)13-14-24-23)25-16-18-5-3-2-4-6-18/h2-12,15H,13-14,16H2,1H3. The molecule has 2 heterocycles. The highest BCUT2D eigenvalue weighted by Crippen LogP contribution is 2.24. The maximum atomic E-state index is 5.95. The second-order valence-electron chi connectivity index (χ2n) is 6.39. The van der Waals surface area contributed by atoms with Crippen molar-refractivity contribution in [2.75, 3.05) is 6.54 Å². The van der Waals surface area contributed by atoms with Crippen molar-refractivity contribution < 1.29 is 9.15 Å². The average Bonchev–Trinajstić information content (AvgIpc) is 3.10. The number of nitrogens with zero attached hydrogens (tertiary/aromatic N) is 1. The predicted octanol–water partition coefficient (Wildman–Crippen LogP) is 5.23. The lowest BCUT2D eigenvalue weighted by Gasteiger charge is -2.16. The van der Waals surface area contributed by atoms with Crippen LogP contribution in [0.15, 0.2) is 76.1 Å². The molecule has 0 unspecified atom stereocenters. The molecule has 0 bridgehead atoms. The number of hydrogen-bond donors (Lipinski definition) is 0. The van der Waals surface area contributed by atoms with Gasteiger partial charge in [-0.05, 0) is 67.0 Å². The molecule has 0 amide bonds. The second kappa shape index (κ2) is 7.44. The summed E-state index contributed by atoms with van der Waals surface area (Å²) in [4.78, 5) is 4.66. The van der Waals surface area contributed by atoms with Gasteiger partial charge in [0.05, 0.1) is 5.71 Å². The van der Waals surface area contributed by atoms with E-state index in [1.807, 2.05) is 55.5 Å². The monoisotopic (exact) mass is 343 g/mol. The van der Waals surface area contributed by atoms with Crippen LogP contribution in [0.4, 0.5) is 0 Å². The first-order chi connectivity index (χ1) is 12.8. The van der Waals surface area contributed by atoms with E-state index in [1.54, 1.807) is 0 Å². The molecule has 4 rings (SSSR count). The van der Waals surface area contributed by atoms with Crippen LogP contribution in [0.5, 0.6) is 5.75 Å². The van der Waals surface area contributed by atoms with Gasteiger partial charge in [0.15, 0.2) is 0 Å². The summed E-state index contributed by atoms with van der Waals surface area (Å²) in [6, 6.07) is 20.4. The fraction of sp³-hybridized carbons (Fsp3) is 0.174. The highest BCUT2D eigenvalue weighted by Gasteiger charge is 2.13. The van der Waals surface area contributed by atoms with Crippen molar-refractivity contribution in [3.63, 3.8) is 0 Å². The van der Waals surface area contributed by atoms with Crippen molar-refractivity contribution in [3.05, 3.63) is 95.0 Å². The Balaban J connectivity index is 1.49. The van der Waals surface area contributed by atoms with Gasteiger partial charge in [-0.15, -0.1) is 0 Å². The van der Waals surface area contributed by atoms with Gasteiger partial charge in [-0.1, -0.05) is 30.3 Å². The molecule has 0 atom stereocenters. The first kappa shape index (κ1) is 16.4. The topological polar surface area (TPSA) is 34.7 Å². The number of furan rings is 1. The summed E-state index contributed by atoms with van der Waals surface area (Å²) in [5, 5.41) is 0. The number of benzene rings is 2. The number of hydrogen-bond acceptors (Lipinski definition) is 3. The molecule has 0 N–H and O–H groups in total. The molecule has 0 spiro atoms. The molecule has 0 fully saturated rings. The molecule has 1 aromatic heterocycles. The number of allylic oxidation sites excluding steroid dienone is 1. The van der Waals surface area contributed by atoms with Crippen LogP contribution >= 0.6 is 0 Å². The Bertz CT molecular complexity index is 951. The number of ether oxygens (including phenoxy) is 1. The van der Waals surface area contributed by atoms with Crippen molar-refractivity contribution in [2.45, 2.75) is 20.0 Å². The molecule has 3 nitrogen and oxygen atoms in total. The van der Waals surface area contributed by atoms with Crippen LogP contribution in [0, 0.1) is 6.92 Å². The Hall–Kier alpha value is -3.07. The Morgan fingerprint density at radius 2 is 1.92 bits per heavy atom. The average molecular weight is 343 g/mol. The molecule has 3 aromatic rings. The quantitative estimate of drug-likeness (QED) is 0.636. The van der Waals surface area contributed by atoms with Crippen LogP contribution in [0.2, 0.25) is 0 Å². The van der Waals surface area contributed by atoms with Gasteiger partial charge < -0.3 is 9.15 Å². The maximum absolute atomic E-state index is 5.95. The van der Waals surface area contributed by atoms with E-state index < -0.39 is 0 Å². The molecule has 0 saturated heterocycles. The summed E-state index contributed by atoms with van der Waals surface area (Å²) < 4.78 is 11.5. The number of aryl methyl sites for hydroxylation is 1. The van der Waals surface area contributed by atoms with Crippen molar-refractivity contribution in [1.29, 1.82) is 0 Å². The number of fused-ring (bicyclic) bond motifs is 1. The highest BCUT2D eigenvalue weighted by atomic mass is 16.5. The van der Waals surface area contributed by atoms with E-state index in [0.717, 1.165) is 35.9 Å². The zero-order valence-electron chi connectivity index (χ0n) is 14.8. The van der Waals surface area contributed by atoms with Gasteiger partial charge >= 0.3 is 0 Å². The van der Waals surface area contributed by atoms with E-state index >= 15 is 0 Å². The highest BCUT2D eigenvalue weighted by molar-refractivity contribution is 6.12. The molecule has 1 aliphatic rings. The summed E-state index contributed by atoms with van der Waals surface area (Å²) in [6.45, 7) is 3.33. The van der Waals surface area contributed by atoms with Crippen molar-refractivity contribution in [3.8, 4) is 5.75 Å². The van der Waals surface area contributed by atoms with Gasteiger partial charge in [0, 0.05) is 12.1 Å². The van der Waals surface area contributed by atoms with E-state index in [2.05, 4.69) is 29.3 Å². The molecule has 0 aliphatic carbocycles. The molecular weight excluding hydrogens is 322 g/mol. The van der Waals surface area contributed by atoms with Gasteiger partial charge in [-0.3, -0.25) is 4.99 Å². The fourth-order valence-electron chi connectivity index (χ4n) is 3.09. The Morgan fingerprint density at radius 1 is 1.04 bits per heavy atom. The summed E-state index contributed by atoms with van der Waals surface area (Å²) in [5.74, 6) is 2.66. The lowest BCUT2D eigenvalue weighted by molar-refractivity contribution is 0.306. The van der Waals surface area contributed by atoms with Crippen LogP contribution in [-0.4, -0.2) is 12.3 Å². The zero-order valence-corrected chi connectivity index (χ0v) is 14.8. The molecule has 3 heteroatoms. The van der Waals surface area contributed by atoms with E-state index in [1.165, 1.54) is 16.7 Å². The van der Waals surface area contributed by atoms with Crippen molar-refractivity contribution in [2.24, 2.45) is 4.99 Å². The lowest BCUT2D eigenvalue weighted by atomic mass is 9.97. The molecule has 1 aliphatic heterocycles. The Kier molecular flexibility index (Phi) is 4.69. The molecule has 130 valence electrons. The fourth-order valence-corrected chi connectivity index (χ4v) is 3.09. The smallest absolute Gasteiger partial charge is 0.127 e. The normalized spacial score (nSPS) is 13.5. The van der Waals surface area contributed by atoms with Gasteiger partial charge in [0.25, 0.3) is 0 Å². The van der Waals surface area contributed by atoms with E-state index in [4.69, 9.17) is 9.15 Å². The minimum atomic E-state index is 0.582. The molecule has 2 aromatic carbocycles. The zero-order chi connectivity index (χ0) is 17.8. The first-order valence-electron chi connectivity index (χ1n) is 8.87. The van der Waals surface area contributed by atoms with E-state index in [0.29, 0.717) is 6.61 Å². The molecule has 0 radical (unpaired) electrons. The van der Waals surface area contributed by atoms with E-state index in [9.17, 15) is 0 Å². The van der Waals surface area contributed by atoms with Gasteiger partial charge in [0.1, 0.15) is 23.9 Å². The minimum absolute atomic E-state index is 0.582. The number of rotatable bonds is 5. The minimum Gasteiger partial charge on any atom is -0.489 e. The Morgan fingerprint density at radius 3 is 2.73 bits per heavy atom. The summed E-state index contributed by atoms with van der Waals surface area (Å²) in [6.07, 6.45) is 4.94. The Labute approximate surface area is 153 Å². The van der Waals surface area contributed by atoms with Crippen LogP contribution in [-0.2, 0) is 13.0 Å². The first-order valence-corrected chi connectivity index (χ1v) is 8.87. The third-order valence-corrected chi connectivity index (χ3v) is 4.43. The van der Waals surface area contributed by atoms with Crippen molar-refractivity contribution in [1.82, 2.24) is 0 Å². The van der Waals surface area contributed by atoms with Crippen molar-refractivity contribution >= 4 is 11.8 Å². The number of aliphatic imine (C=N–C) groups is 1. The van der Waals surface area contributed by atoms with Gasteiger partial charge in [-0.25, -0.2) is 0 Å². The molecule has 0 saturated carbocycles. The second-order valence-corrected chi connectivity index (χ2v) is 6.39. The van der Waals surface area contributed by atoms with Gasteiger partial charge in [-0.2, -0.15) is 0 Å². The van der Waals surface area contributed by atoms with Crippen LogP contribution in [0.3, 0.4) is 0 Å². The van der Waals surface area contributed by atoms with Crippen LogP contribution < -0.4 is 4.74 Å². The van der Waals surface area contributed by atoms with E-state index in [-0.39, 0.29) is 0 Å². The largest absolute Gasteiger partial charge is 0.489 e. The SMILES string of the molecule is Cc1ccc(C=CC2=NCCc3cc(OCc4ccccc4)ccc32)o1. The third kappa shape index (κ3) is 3.77. The van der Waals surface area contributed by atoms with Crippen LogP contribution in [0.25, 0.3) is 6.08 Å². The maximum Gasteiger partial charge on any atom is 0.127 e. The summed E-state index contributed by atoms with van der Waals surface area (Å²) >= 11 is 0. The summed E-state index contributed by atoms with van der Waals surface area (Å²) in [5.41, 5.74) is 4.61. The van der Waals surface area contributed by atoms with Gasteiger partial charge in [0.2, 0.25) is 0 Å². The molecule has 26 heavy (non-hydrogen) atoms.